The summed E-state index contributed by atoms with van der Waals surface area (Å²) in [7, 11) is 4.08. The first-order valence-corrected chi connectivity index (χ1v) is 10.5. The minimum atomic E-state index is -0.435. The number of aliphatic imine (C=N–C) groups is 1. The van der Waals surface area contributed by atoms with E-state index in [4.69, 9.17) is 4.99 Å². The molecule has 4 heteroatoms. The Balaban J connectivity index is 1.69. The van der Waals surface area contributed by atoms with Crippen LogP contribution < -0.4 is 10.5 Å². The van der Waals surface area contributed by atoms with Gasteiger partial charge in [0.2, 0.25) is 5.56 Å². The molecule has 1 aromatic heterocycles. The highest BCUT2D eigenvalue weighted by atomic mass is 16.1. The average molecular weight is 400 g/mol. The van der Waals surface area contributed by atoms with Crippen molar-refractivity contribution >= 4 is 18.0 Å². The summed E-state index contributed by atoms with van der Waals surface area (Å²) in [6, 6.07) is 12.0. The third-order valence-electron chi connectivity index (χ3n) is 6.16. The van der Waals surface area contributed by atoms with Gasteiger partial charge in [0.15, 0.2) is 0 Å². The van der Waals surface area contributed by atoms with Crippen molar-refractivity contribution in [3.05, 3.63) is 92.9 Å². The van der Waals surface area contributed by atoms with Crippen molar-refractivity contribution in [3.63, 3.8) is 0 Å². The summed E-state index contributed by atoms with van der Waals surface area (Å²) in [6.07, 6.45) is 12.2. The molecule has 4 nitrogen and oxygen atoms in total. The predicted octanol–water partition coefficient (Wildman–Crippen LogP) is 4.89. The van der Waals surface area contributed by atoms with E-state index >= 15 is 0 Å². The highest BCUT2D eigenvalue weighted by Gasteiger charge is 2.46. The van der Waals surface area contributed by atoms with Crippen LogP contribution in [0.5, 0.6) is 0 Å². The molecule has 0 amide bonds. The molecular formula is C26H29N3O. The molecule has 2 unspecified atom stereocenters. The molecule has 30 heavy (non-hydrogen) atoms. The molecule has 4 rings (SSSR count). The molecule has 154 valence electrons. The van der Waals surface area contributed by atoms with Crippen LogP contribution in [0, 0.1) is 5.92 Å². The predicted molar refractivity (Wildman–Crippen MR) is 126 cm³/mol. The first-order chi connectivity index (χ1) is 14.4. The van der Waals surface area contributed by atoms with Gasteiger partial charge < -0.3 is 9.88 Å². The maximum absolute atomic E-state index is 11.9. The Morgan fingerprint density at radius 2 is 1.93 bits per heavy atom. The number of allylic oxidation sites excluding steroid dienone is 3. The highest BCUT2D eigenvalue weighted by molar-refractivity contribution is 5.79. The molecule has 0 spiro atoms. The van der Waals surface area contributed by atoms with Gasteiger partial charge in [0.25, 0.3) is 0 Å². The van der Waals surface area contributed by atoms with E-state index in [1.54, 1.807) is 6.07 Å². The van der Waals surface area contributed by atoms with Crippen molar-refractivity contribution in [2.45, 2.75) is 32.2 Å². The number of nitrogens with zero attached hydrogens (tertiary/aromatic N) is 2. The highest BCUT2D eigenvalue weighted by Crippen LogP contribution is 2.51. The molecular weight excluding hydrogens is 370 g/mol. The maximum Gasteiger partial charge on any atom is 0.248 e. The van der Waals surface area contributed by atoms with Crippen molar-refractivity contribution < 1.29 is 0 Å². The molecule has 2 aliphatic carbocycles. The van der Waals surface area contributed by atoms with Crippen LogP contribution in [0.2, 0.25) is 0 Å². The van der Waals surface area contributed by atoms with Crippen molar-refractivity contribution in [3.8, 4) is 0 Å². The summed E-state index contributed by atoms with van der Waals surface area (Å²) in [5.41, 5.74) is 6.66. The van der Waals surface area contributed by atoms with E-state index in [0.717, 1.165) is 29.7 Å². The van der Waals surface area contributed by atoms with Crippen LogP contribution in [0.4, 0.5) is 5.69 Å². The van der Waals surface area contributed by atoms with Gasteiger partial charge in [-0.15, -0.1) is 0 Å². The first-order valence-electron chi connectivity index (χ1n) is 10.5. The number of fused-ring (bicyclic) bond motifs is 4. The van der Waals surface area contributed by atoms with Crippen LogP contribution in [0.3, 0.4) is 0 Å². The molecule has 0 fully saturated rings. The summed E-state index contributed by atoms with van der Waals surface area (Å²) < 4.78 is 0. The zero-order valence-corrected chi connectivity index (χ0v) is 18.1. The molecule has 1 aromatic carbocycles. The van der Waals surface area contributed by atoms with E-state index in [-0.39, 0.29) is 11.5 Å². The number of hydrogen-bond donors (Lipinski definition) is 1. The van der Waals surface area contributed by atoms with E-state index < -0.39 is 5.54 Å². The van der Waals surface area contributed by atoms with Gasteiger partial charge in [-0.3, -0.25) is 9.79 Å². The van der Waals surface area contributed by atoms with E-state index in [2.05, 4.69) is 66.2 Å². The van der Waals surface area contributed by atoms with Gasteiger partial charge in [0, 0.05) is 55.7 Å². The third kappa shape index (κ3) is 3.58. The SMILES string of the molecule is C/C=C1\C2C=C(C)CC1(/N=C/C=C/c1ccc(N(C)C)cc1)c1ccc(=O)[nH]c1C2. The first kappa shape index (κ1) is 20.1. The Bertz CT molecular complexity index is 1120. The lowest BCUT2D eigenvalue weighted by Gasteiger charge is -2.45. The minimum Gasteiger partial charge on any atom is -0.378 e. The van der Waals surface area contributed by atoms with Gasteiger partial charge in [-0.05, 0) is 55.7 Å². The topological polar surface area (TPSA) is 48.5 Å². The minimum absolute atomic E-state index is 0.0448. The van der Waals surface area contributed by atoms with Crippen molar-refractivity contribution in [2.24, 2.45) is 10.9 Å². The molecule has 1 heterocycles. The van der Waals surface area contributed by atoms with Crippen LogP contribution in [-0.4, -0.2) is 25.3 Å². The Labute approximate surface area is 178 Å². The Morgan fingerprint density at radius 3 is 2.63 bits per heavy atom. The lowest BCUT2D eigenvalue weighted by atomic mass is 9.63. The smallest absolute Gasteiger partial charge is 0.248 e. The molecule has 0 saturated heterocycles. The molecule has 2 aliphatic rings. The summed E-state index contributed by atoms with van der Waals surface area (Å²) in [5, 5.41) is 0. The zero-order valence-electron chi connectivity index (χ0n) is 18.1. The number of pyridine rings is 1. The van der Waals surface area contributed by atoms with E-state index in [9.17, 15) is 4.79 Å². The van der Waals surface area contributed by atoms with Gasteiger partial charge in [0.1, 0.15) is 5.54 Å². The molecule has 2 aromatic rings. The standard InChI is InChI=1S/C26H29N3O/c1-5-22-20-15-18(2)17-26(22,23-12-13-25(30)28-24(23)16-20)27-14-6-7-19-8-10-21(11-9-19)29(3)4/h5-15,20H,16-17H2,1-4H3,(H,28,30)/b7-6+,22-5+,27-14+. The molecule has 0 saturated carbocycles. The second-order valence-corrected chi connectivity index (χ2v) is 8.44. The van der Waals surface area contributed by atoms with Gasteiger partial charge in [-0.1, -0.05) is 35.9 Å². The van der Waals surface area contributed by atoms with Crippen LogP contribution in [0.15, 0.2) is 75.6 Å². The monoisotopic (exact) mass is 399 g/mol. The second-order valence-electron chi connectivity index (χ2n) is 8.44. The molecule has 0 aliphatic heterocycles. The number of anilines is 1. The average Bonchev–Trinajstić information content (AvgIpc) is 2.71. The summed E-state index contributed by atoms with van der Waals surface area (Å²) in [4.78, 5) is 22.2. The fourth-order valence-corrected chi connectivity index (χ4v) is 4.86. The van der Waals surface area contributed by atoms with E-state index in [1.807, 2.05) is 32.5 Å². The largest absolute Gasteiger partial charge is 0.378 e. The maximum atomic E-state index is 11.9. The normalized spacial score (nSPS) is 24.3. The quantitative estimate of drug-likeness (QED) is 0.588. The van der Waals surface area contributed by atoms with E-state index in [1.165, 1.54) is 16.8 Å². The fourth-order valence-electron chi connectivity index (χ4n) is 4.86. The number of nitrogens with one attached hydrogen (secondary N) is 1. The summed E-state index contributed by atoms with van der Waals surface area (Å²) in [6.45, 7) is 4.28. The van der Waals surface area contributed by atoms with Crippen LogP contribution >= 0.6 is 0 Å². The second kappa shape index (κ2) is 7.94. The summed E-state index contributed by atoms with van der Waals surface area (Å²) >= 11 is 0. The van der Waals surface area contributed by atoms with E-state index in [0.29, 0.717) is 0 Å². The van der Waals surface area contributed by atoms with Crippen molar-refractivity contribution in [1.82, 2.24) is 4.98 Å². The Hall–Kier alpha value is -3.14. The van der Waals surface area contributed by atoms with Gasteiger partial charge in [0.05, 0.1) is 0 Å². The zero-order chi connectivity index (χ0) is 21.3. The molecule has 1 N–H and O–H groups in total. The van der Waals surface area contributed by atoms with Gasteiger partial charge in [-0.25, -0.2) is 0 Å². The molecule has 2 bridgehead atoms. The number of aromatic amines is 1. The van der Waals surface area contributed by atoms with Crippen LogP contribution in [-0.2, 0) is 12.0 Å². The number of benzene rings is 1. The summed E-state index contributed by atoms with van der Waals surface area (Å²) in [5.74, 6) is 0.286. The lowest BCUT2D eigenvalue weighted by Crippen LogP contribution is -2.40. The number of aromatic nitrogens is 1. The Kier molecular flexibility index (Phi) is 5.33. The number of H-pyrrole nitrogens is 1. The third-order valence-corrected chi connectivity index (χ3v) is 6.16. The van der Waals surface area contributed by atoms with Gasteiger partial charge >= 0.3 is 0 Å². The van der Waals surface area contributed by atoms with Crippen molar-refractivity contribution in [2.75, 3.05) is 19.0 Å². The fraction of sp³-hybridized carbons (Fsp3) is 0.308. The van der Waals surface area contributed by atoms with Gasteiger partial charge in [-0.2, -0.15) is 0 Å². The van der Waals surface area contributed by atoms with Crippen LogP contribution in [0.25, 0.3) is 6.08 Å². The Morgan fingerprint density at radius 1 is 1.17 bits per heavy atom. The number of rotatable bonds is 4. The van der Waals surface area contributed by atoms with Crippen LogP contribution in [0.1, 0.15) is 37.1 Å². The molecule has 0 radical (unpaired) electrons. The molecule has 2 atom stereocenters. The number of hydrogen-bond acceptors (Lipinski definition) is 3. The lowest BCUT2D eigenvalue weighted by molar-refractivity contribution is 0.413. The van der Waals surface area contributed by atoms with Crippen molar-refractivity contribution in [1.29, 1.82) is 0 Å².